The summed E-state index contributed by atoms with van der Waals surface area (Å²) in [6.07, 6.45) is 0.986. The second kappa shape index (κ2) is 3.71. The van der Waals surface area contributed by atoms with Crippen molar-refractivity contribution in [3.63, 3.8) is 0 Å². The molecule has 1 aliphatic carbocycles. The van der Waals surface area contributed by atoms with Crippen molar-refractivity contribution < 1.29 is 4.79 Å². The van der Waals surface area contributed by atoms with Gasteiger partial charge >= 0.3 is 0 Å². The van der Waals surface area contributed by atoms with Crippen molar-refractivity contribution in [3.8, 4) is 0 Å². The molecule has 1 rings (SSSR count). The minimum Gasteiger partial charge on any atom is -0.364 e. The van der Waals surface area contributed by atoms with Gasteiger partial charge in [-0.3, -0.25) is 15.6 Å². The van der Waals surface area contributed by atoms with Gasteiger partial charge in [0.1, 0.15) is 0 Å². The van der Waals surface area contributed by atoms with Crippen LogP contribution in [0.5, 0.6) is 0 Å². The molecule has 1 aliphatic rings. The van der Waals surface area contributed by atoms with E-state index in [0.717, 1.165) is 6.42 Å². The molecule has 0 radical (unpaired) electrons. The second-order valence-corrected chi connectivity index (χ2v) is 3.42. The highest BCUT2D eigenvalue weighted by atomic mass is 32.1. The number of rotatable bonds is 1. The predicted molar refractivity (Wildman–Crippen MR) is 50.2 cm³/mol. The largest absolute Gasteiger partial charge is 0.364 e. The lowest BCUT2D eigenvalue weighted by atomic mass is 10.3. The number of hydrogen-bond donors (Lipinski definition) is 3. The molecule has 2 atom stereocenters. The van der Waals surface area contributed by atoms with E-state index in [9.17, 15) is 4.79 Å². The van der Waals surface area contributed by atoms with Crippen LogP contribution in [-0.2, 0) is 4.79 Å². The fourth-order valence-electron chi connectivity index (χ4n) is 0.961. The molecule has 0 bridgehead atoms. The highest BCUT2D eigenvalue weighted by Crippen LogP contribution is 2.37. The van der Waals surface area contributed by atoms with Crippen LogP contribution in [0.2, 0.25) is 0 Å². The molecule has 0 spiro atoms. The number of carbonyl (C=O) groups excluding carboxylic acids is 1. The van der Waals surface area contributed by atoms with Gasteiger partial charge in [0.25, 0.3) is 0 Å². The van der Waals surface area contributed by atoms with Crippen LogP contribution in [0, 0.1) is 11.8 Å². The molecular weight excluding hydrogens is 174 g/mol. The molecule has 0 aromatic heterocycles. The summed E-state index contributed by atoms with van der Waals surface area (Å²) < 4.78 is 0. The van der Waals surface area contributed by atoms with Gasteiger partial charge in [-0.1, -0.05) is 6.92 Å². The monoisotopic (exact) mass is 187 g/mol. The SMILES string of the molecule is CNC(=S)NNC(=O)[C@H]1C[C@@H]1C. The maximum absolute atomic E-state index is 11.2. The first-order valence-electron chi connectivity index (χ1n) is 3.92. The van der Waals surface area contributed by atoms with Gasteiger partial charge in [-0.25, -0.2) is 0 Å². The van der Waals surface area contributed by atoms with Gasteiger partial charge in [0.2, 0.25) is 5.91 Å². The summed E-state index contributed by atoms with van der Waals surface area (Å²) >= 11 is 4.77. The van der Waals surface area contributed by atoms with Crippen molar-refractivity contribution in [2.24, 2.45) is 11.8 Å². The second-order valence-electron chi connectivity index (χ2n) is 3.01. The summed E-state index contributed by atoms with van der Waals surface area (Å²) in [6.45, 7) is 2.06. The Kier molecular flexibility index (Phi) is 2.86. The van der Waals surface area contributed by atoms with Crippen LogP contribution in [0.25, 0.3) is 0 Å². The molecule has 68 valence electrons. The number of hydrogen-bond acceptors (Lipinski definition) is 2. The van der Waals surface area contributed by atoms with Crippen LogP contribution in [0.3, 0.4) is 0 Å². The van der Waals surface area contributed by atoms with E-state index < -0.39 is 0 Å². The first-order chi connectivity index (χ1) is 5.65. The van der Waals surface area contributed by atoms with Crippen LogP contribution in [-0.4, -0.2) is 18.1 Å². The van der Waals surface area contributed by atoms with Crippen LogP contribution < -0.4 is 16.2 Å². The number of amides is 1. The molecule has 0 aromatic rings. The molecule has 0 unspecified atom stereocenters. The van der Waals surface area contributed by atoms with E-state index in [1.54, 1.807) is 7.05 Å². The number of carbonyl (C=O) groups is 1. The third-order valence-electron chi connectivity index (χ3n) is 1.97. The standard InChI is InChI=1S/C7H13N3OS/c1-4-3-5(4)6(11)9-10-7(12)8-2/h4-5H,3H2,1-2H3,(H,9,11)(H2,8,10,12)/t4-,5-/m0/s1. The summed E-state index contributed by atoms with van der Waals surface area (Å²) in [7, 11) is 1.70. The quantitative estimate of drug-likeness (QED) is 0.392. The number of hydrazine groups is 1. The normalized spacial score (nSPS) is 25.8. The lowest BCUT2D eigenvalue weighted by Crippen LogP contribution is -2.46. The molecule has 1 fully saturated rings. The average Bonchev–Trinajstić information content (AvgIpc) is 2.77. The third-order valence-corrected chi connectivity index (χ3v) is 2.28. The van der Waals surface area contributed by atoms with Crippen molar-refractivity contribution >= 4 is 23.2 Å². The smallest absolute Gasteiger partial charge is 0.241 e. The van der Waals surface area contributed by atoms with E-state index in [4.69, 9.17) is 12.2 Å². The minimum atomic E-state index is 0.0279. The zero-order valence-corrected chi connectivity index (χ0v) is 7.99. The molecule has 4 nitrogen and oxygen atoms in total. The van der Waals surface area contributed by atoms with E-state index in [1.165, 1.54) is 0 Å². The topological polar surface area (TPSA) is 53.2 Å². The van der Waals surface area contributed by atoms with Gasteiger partial charge in [0.15, 0.2) is 5.11 Å². The van der Waals surface area contributed by atoms with E-state index in [2.05, 4.69) is 23.1 Å². The maximum atomic E-state index is 11.2. The van der Waals surface area contributed by atoms with E-state index in [1.807, 2.05) is 0 Å². The molecule has 1 amide bonds. The summed E-state index contributed by atoms with van der Waals surface area (Å²) in [4.78, 5) is 11.2. The molecule has 0 aliphatic heterocycles. The highest BCUT2D eigenvalue weighted by Gasteiger charge is 2.39. The van der Waals surface area contributed by atoms with Gasteiger partial charge in [-0.05, 0) is 24.6 Å². The van der Waals surface area contributed by atoms with Crippen molar-refractivity contribution in [3.05, 3.63) is 0 Å². The van der Waals surface area contributed by atoms with Gasteiger partial charge in [0.05, 0.1) is 0 Å². The maximum Gasteiger partial charge on any atom is 0.241 e. The fraction of sp³-hybridized carbons (Fsp3) is 0.714. The zero-order chi connectivity index (χ0) is 9.14. The Balaban J connectivity index is 2.15. The Bertz CT molecular complexity index is 207. The Morgan fingerprint density at radius 3 is 2.50 bits per heavy atom. The van der Waals surface area contributed by atoms with E-state index >= 15 is 0 Å². The molecule has 12 heavy (non-hydrogen) atoms. The summed E-state index contributed by atoms with van der Waals surface area (Å²) in [6, 6.07) is 0. The Labute approximate surface area is 77.1 Å². The van der Waals surface area contributed by atoms with Gasteiger partial charge in [0, 0.05) is 13.0 Å². The van der Waals surface area contributed by atoms with Crippen molar-refractivity contribution in [1.29, 1.82) is 0 Å². The first kappa shape index (κ1) is 9.25. The van der Waals surface area contributed by atoms with Crippen LogP contribution in [0.1, 0.15) is 13.3 Å². The van der Waals surface area contributed by atoms with E-state index in [-0.39, 0.29) is 11.8 Å². The zero-order valence-electron chi connectivity index (χ0n) is 7.18. The molecule has 1 saturated carbocycles. The Morgan fingerprint density at radius 1 is 1.50 bits per heavy atom. The van der Waals surface area contributed by atoms with Crippen LogP contribution in [0.4, 0.5) is 0 Å². The molecule has 3 N–H and O–H groups in total. The molecular formula is C7H13N3OS. The minimum absolute atomic E-state index is 0.0279. The lowest BCUT2D eigenvalue weighted by molar-refractivity contribution is -0.123. The van der Waals surface area contributed by atoms with Crippen molar-refractivity contribution in [2.45, 2.75) is 13.3 Å². The van der Waals surface area contributed by atoms with Gasteiger partial charge < -0.3 is 5.32 Å². The van der Waals surface area contributed by atoms with Gasteiger partial charge in [-0.2, -0.15) is 0 Å². The predicted octanol–water partition coefficient (Wildman–Crippen LogP) is -0.233. The lowest BCUT2D eigenvalue weighted by Gasteiger charge is -2.07. The van der Waals surface area contributed by atoms with Crippen molar-refractivity contribution in [2.75, 3.05) is 7.05 Å². The average molecular weight is 187 g/mol. The molecule has 0 saturated heterocycles. The van der Waals surface area contributed by atoms with Crippen LogP contribution in [0.15, 0.2) is 0 Å². The summed E-state index contributed by atoms with van der Waals surface area (Å²) in [5.41, 5.74) is 5.13. The molecule has 0 aromatic carbocycles. The fourth-order valence-corrected chi connectivity index (χ4v) is 1.01. The first-order valence-corrected chi connectivity index (χ1v) is 4.33. The highest BCUT2D eigenvalue weighted by molar-refractivity contribution is 7.80. The number of nitrogens with one attached hydrogen (secondary N) is 3. The van der Waals surface area contributed by atoms with E-state index in [0.29, 0.717) is 11.0 Å². The molecule has 0 heterocycles. The van der Waals surface area contributed by atoms with Crippen LogP contribution >= 0.6 is 12.2 Å². The molecule has 5 heteroatoms. The Morgan fingerprint density at radius 2 is 2.08 bits per heavy atom. The number of thiocarbonyl (C=S) groups is 1. The summed E-state index contributed by atoms with van der Waals surface area (Å²) in [5.74, 6) is 0.729. The Hall–Kier alpha value is -0.840. The summed E-state index contributed by atoms with van der Waals surface area (Å²) in [5, 5.41) is 3.12. The van der Waals surface area contributed by atoms with Crippen molar-refractivity contribution in [1.82, 2.24) is 16.2 Å². The van der Waals surface area contributed by atoms with Gasteiger partial charge in [-0.15, -0.1) is 0 Å². The third kappa shape index (κ3) is 2.34.